The molecule has 1 aliphatic rings. The number of hydrogen-bond donors (Lipinski definition) is 8. The highest BCUT2D eigenvalue weighted by molar-refractivity contribution is 6.26. The molecule has 0 radical (unpaired) electrons. The van der Waals surface area contributed by atoms with Gasteiger partial charge in [-0.05, 0) is 195 Å². The summed E-state index contributed by atoms with van der Waals surface area (Å²) in [4.78, 5) is 93.1. The molecule has 1 aliphatic heterocycles. The van der Waals surface area contributed by atoms with Crippen LogP contribution in [-0.2, 0) is 6.54 Å². The van der Waals surface area contributed by atoms with E-state index in [1.165, 1.54) is 48.0 Å². The molecule has 1 fully saturated rings. The standard InChI is InChI=1S/C27H16FN5.C27H24N6.C27H17N5.C26H16N6/c28-16-11-9-15(10-12-16)22-21(17-5-1-2-8-20(17)31-22)27-32-25-18-6-3-13-29-23(18)24-19(26(25)33-27)7-4-14-30-24;1-4-14-33(15-5-1)16-21-22(17-8-2-3-11-20(17)30-21)27-31-25-18-9-6-12-28-23(18)24-19(26(25)32-27)10-7-13-29-24;1-2-8-16(9-3-1)22-21(17-10-4-5-13-20(17)30-22)27-31-25-18-11-6-14-28-23(18)24-19(26(25)32-27)12-7-15-29-24;1-2-8-19-16(5-1)20(21(30-19)15-9-13-27-14-10-15)26-31-24-17-6-3-11-28-22(17)23-18(25(24)32-26)7-4-12-29-23/h1-14,31H,(H,32,33);2-3,6-13,30H,1,4-5,14-16H2,(H,31,32);1-15,30H,(H,31,32);1-14,30H,(H,31,32). The van der Waals surface area contributed by atoms with Gasteiger partial charge < -0.3 is 39.9 Å². The van der Waals surface area contributed by atoms with E-state index in [4.69, 9.17) is 19.9 Å². The van der Waals surface area contributed by atoms with Gasteiger partial charge in [-0.25, -0.2) is 24.3 Å². The molecule has 28 rings (SSSR count). The molecule has 22 nitrogen and oxygen atoms in total. The number of hydrogen-bond acceptors (Lipinski definition) is 14. The van der Waals surface area contributed by atoms with Crippen molar-refractivity contribution in [2.45, 2.75) is 25.8 Å². The number of halogens is 1. The van der Waals surface area contributed by atoms with Crippen LogP contribution in [-0.4, -0.2) is 123 Å². The summed E-state index contributed by atoms with van der Waals surface area (Å²) in [6.07, 6.45) is 21.9. The Morgan fingerprint density at radius 3 is 0.862 bits per heavy atom. The summed E-state index contributed by atoms with van der Waals surface area (Å²) in [5, 5.41) is 12.5. The van der Waals surface area contributed by atoms with Crippen molar-refractivity contribution < 1.29 is 4.39 Å². The number of imidazole rings is 4. The van der Waals surface area contributed by atoms with Crippen molar-refractivity contribution >= 4 is 175 Å². The minimum atomic E-state index is -0.266. The van der Waals surface area contributed by atoms with E-state index in [2.05, 4.69) is 217 Å². The maximum atomic E-state index is 13.6. The molecule has 0 bridgehead atoms. The molecule has 130 heavy (non-hydrogen) atoms. The largest absolute Gasteiger partial charge is 0.357 e. The lowest BCUT2D eigenvalue weighted by atomic mass is 10.0. The predicted molar refractivity (Wildman–Crippen MR) is 519 cm³/mol. The van der Waals surface area contributed by atoms with Crippen molar-refractivity contribution in [1.82, 2.24) is 110 Å². The SMILES string of the molecule is Fc1ccc(-c2[nH]c3ccccc3c2-c2nc3c4cccnc4c4ncccc4c3[nH]2)cc1.c1ccc(-c2[nH]c3ccccc3c2-c2nc3c4cccnc4c4ncccc4c3[nH]2)cc1.c1ccc2c(-c3nc4c5cccnc5c5ncccc5c4[nH]3)c(-c3ccncc3)[nH]c2c1.c1ccc2c(-c3nc4c5cccnc5c5ncccc5c4[nH]3)c(CN3CCCCC3)[nH]c2c1. The quantitative estimate of drug-likeness (QED) is 0.0624. The molecule has 0 aliphatic carbocycles. The Morgan fingerprint density at radius 1 is 0.231 bits per heavy atom. The van der Waals surface area contributed by atoms with Crippen LogP contribution in [0, 0.1) is 5.82 Å². The number of nitrogens with one attached hydrogen (secondary N) is 8. The molecule has 18 heterocycles. The minimum Gasteiger partial charge on any atom is -0.357 e. The molecule has 10 aromatic carbocycles. The molecule has 1 saturated heterocycles. The lowest BCUT2D eigenvalue weighted by Gasteiger charge is -2.26. The van der Waals surface area contributed by atoms with Crippen LogP contribution in [0.2, 0.25) is 0 Å². The first kappa shape index (κ1) is 75.1. The van der Waals surface area contributed by atoms with Gasteiger partial charge in [0.25, 0.3) is 0 Å². The van der Waals surface area contributed by atoms with Gasteiger partial charge >= 0.3 is 0 Å². The van der Waals surface area contributed by atoms with Crippen LogP contribution in [0.1, 0.15) is 25.0 Å². The predicted octanol–water partition coefficient (Wildman–Crippen LogP) is 24.8. The van der Waals surface area contributed by atoms with Gasteiger partial charge in [0.15, 0.2) is 0 Å². The van der Waals surface area contributed by atoms with Crippen LogP contribution in [0.3, 0.4) is 0 Å². The highest BCUT2D eigenvalue weighted by atomic mass is 19.1. The minimum absolute atomic E-state index is 0.266. The van der Waals surface area contributed by atoms with Crippen molar-refractivity contribution in [3.8, 4) is 79.3 Å². The van der Waals surface area contributed by atoms with E-state index in [9.17, 15) is 4.39 Å². The van der Waals surface area contributed by atoms with Gasteiger partial charge in [0, 0.05) is 172 Å². The second-order valence-corrected chi connectivity index (χ2v) is 32.7. The van der Waals surface area contributed by atoms with E-state index < -0.39 is 0 Å². The van der Waals surface area contributed by atoms with Crippen LogP contribution >= 0.6 is 0 Å². The zero-order valence-corrected chi connectivity index (χ0v) is 69.5. The molecule has 0 saturated carbocycles. The number of piperidine rings is 1. The number of para-hydroxylation sites is 4. The lowest BCUT2D eigenvalue weighted by Crippen LogP contribution is -2.29. The normalized spacial score (nSPS) is 12.7. The summed E-state index contributed by atoms with van der Waals surface area (Å²) in [7, 11) is 0. The Morgan fingerprint density at radius 2 is 0.508 bits per heavy atom. The van der Waals surface area contributed by atoms with Gasteiger partial charge in [0.1, 0.15) is 29.1 Å². The molecule has 0 spiro atoms. The maximum absolute atomic E-state index is 13.6. The first-order valence-electron chi connectivity index (χ1n) is 43.3. The van der Waals surface area contributed by atoms with E-state index >= 15 is 0 Å². The fraction of sp³-hybridized carbons (Fsp3) is 0.0561. The number of H-pyrrole nitrogens is 8. The second kappa shape index (κ2) is 31.1. The van der Waals surface area contributed by atoms with Crippen LogP contribution in [0.15, 0.2) is 323 Å². The molecule has 618 valence electrons. The average Bonchev–Trinajstić information content (AvgIpc) is 1.56. The number of aromatic amines is 8. The first-order valence-corrected chi connectivity index (χ1v) is 43.3. The summed E-state index contributed by atoms with van der Waals surface area (Å²) in [6.45, 7) is 3.22. The molecule has 17 aromatic heterocycles. The number of likely N-dealkylation sites (tertiary alicyclic amines) is 1. The fourth-order valence-electron chi connectivity index (χ4n) is 19.3. The number of aromatic nitrogens is 21. The van der Waals surface area contributed by atoms with Gasteiger partial charge in [-0.3, -0.25) is 49.8 Å². The summed E-state index contributed by atoms with van der Waals surface area (Å²) in [6, 6.07) is 86.3. The topological polar surface area (TPSA) is 297 Å². The third kappa shape index (κ3) is 12.6. The average molecular weight is 1690 g/mol. The van der Waals surface area contributed by atoms with Crippen LogP contribution in [0.4, 0.5) is 4.39 Å². The molecular weight excluding hydrogens is 1610 g/mol. The fourth-order valence-corrected chi connectivity index (χ4v) is 19.3. The van der Waals surface area contributed by atoms with Crippen molar-refractivity contribution in [2.24, 2.45) is 0 Å². The van der Waals surface area contributed by atoms with Gasteiger partial charge in [0.05, 0.1) is 122 Å². The van der Waals surface area contributed by atoms with Crippen LogP contribution in [0.25, 0.3) is 254 Å². The van der Waals surface area contributed by atoms with Gasteiger partial charge in [-0.15, -0.1) is 0 Å². The zero-order valence-electron chi connectivity index (χ0n) is 69.5. The Hall–Kier alpha value is -17.4. The second-order valence-electron chi connectivity index (χ2n) is 32.7. The highest BCUT2D eigenvalue weighted by Gasteiger charge is 2.28. The third-order valence-electron chi connectivity index (χ3n) is 25.1. The monoisotopic (exact) mass is 1680 g/mol. The summed E-state index contributed by atoms with van der Waals surface area (Å²) in [5.41, 5.74) is 30.2. The maximum Gasteiger partial charge on any atom is 0.141 e. The molecule has 0 unspecified atom stereocenters. The van der Waals surface area contributed by atoms with Crippen molar-refractivity contribution in [3.05, 3.63) is 334 Å². The summed E-state index contributed by atoms with van der Waals surface area (Å²) in [5.74, 6) is 3.01. The Bertz CT molecular complexity index is 8570. The molecule has 8 N–H and O–H groups in total. The highest BCUT2D eigenvalue weighted by Crippen LogP contribution is 2.46. The number of nitrogens with zero attached hydrogens (tertiary/aromatic N) is 14. The smallest absolute Gasteiger partial charge is 0.141 e. The van der Waals surface area contributed by atoms with E-state index in [1.807, 2.05) is 146 Å². The molecule has 0 amide bonds. The van der Waals surface area contributed by atoms with Crippen molar-refractivity contribution in [3.63, 3.8) is 0 Å². The lowest BCUT2D eigenvalue weighted by molar-refractivity contribution is 0.219. The van der Waals surface area contributed by atoms with E-state index in [-0.39, 0.29) is 5.82 Å². The Labute approximate surface area is 737 Å². The number of pyridine rings is 9. The van der Waals surface area contributed by atoms with E-state index in [1.54, 1.807) is 36.9 Å². The molecular formula is C107H73FN22. The summed E-state index contributed by atoms with van der Waals surface area (Å²) < 4.78 is 13.6. The van der Waals surface area contributed by atoms with Crippen LogP contribution in [0.5, 0.6) is 0 Å². The van der Waals surface area contributed by atoms with Gasteiger partial charge in [-0.1, -0.05) is 110 Å². The first-order chi connectivity index (χ1) is 64.4. The number of rotatable bonds is 9. The molecule has 0 atom stereocenters. The molecule has 27 aromatic rings. The zero-order chi connectivity index (χ0) is 85.9. The van der Waals surface area contributed by atoms with Gasteiger partial charge in [0.2, 0.25) is 0 Å². The van der Waals surface area contributed by atoms with Crippen LogP contribution < -0.4 is 0 Å². The number of benzene rings is 10. The third-order valence-corrected chi connectivity index (χ3v) is 25.1. The molecule has 23 heteroatoms. The van der Waals surface area contributed by atoms with E-state index in [0.717, 1.165) is 263 Å². The van der Waals surface area contributed by atoms with E-state index in [0.29, 0.717) is 0 Å². The Kier molecular flexibility index (Phi) is 17.9. The summed E-state index contributed by atoms with van der Waals surface area (Å²) >= 11 is 0. The Balaban J connectivity index is 0.0000000936. The van der Waals surface area contributed by atoms with Crippen molar-refractivity contribution in [1.29, 1.82) is 0 Å². The van der Waals surface area contributed by atoms with Crippen molar-refractivity contribution in [2.75, 3.05) is 13.1 Å². The van der Waals surface area contributed by atoms with Gasteiger partial charge in [-0.2, -0.15) is 0 Å². The number of fused-ring (bicyclic) bond motifs is 28.